The lowest BCUT2D eigenvalue weighted by atomic mass is 10.1. The summed E-state index contributed by atoms with van der Waals surface area (Å²) < 4.78 is 42.0. The maximum atomic E-state index is 13.9. The third-order valence-corrected chi connectivity index (χ3v) is 3.27. The summed E-state index contributed by atoms with van der Waals surface area (Å²) in [7, 11) is 0. The number of fused-ring (bicyclic) bond motifs is 1. The Hall–Kier alpha value is -1.82. The number of halogens is 3. The molecule has 1 N–H and O–H groups in total. The number of benzene rings is 1. The molecule has 19 heavy (non-hydrogen) atoms. The summed E-state index contributed by atoms with van der Waals surface area (Å²) in [6, 6.07) is 1.54. The average molecular weight is 267 g/mol. The fraction of sp³-hybridized carbons (Fsp3) is 0.308. The first-order valence-electron chi connectivity index (χ1n) is 6.00. The highest BCUT2D eigenvalue weighted by molar-refractivity contribution is 5.40. The van der Waals surface area contributed by atoms with Crippen molar-refractivity contribution in [3.8, 4) is 5.69 Å². The fourth-order valence-corrected chi connectivity index (χ4v) is 2.47. The number of nitrogens with one attached hydrogen (secondary N) is 1. The zero-order valence-corrected chi connectivity index (χ0v) is 10.3. The number of imidazole rings is 1. The van der Waals surface area contributed by atoms with Crippen molar-refractivity contribution in [3.05, 3.63) is 46.8 Å². The van der Waals surface area contributed by atoms with Crippen LogP contribution in [0.4, 0.5) is 13.2 Å². The average Bonchev–Trinajstić information content (AvgIpc) is 2.70. The van der Waals surface area contributed by atoms with E-state index in [0.29, 0.717) is 24.9 Å². The lowest BCUT2D eigenvalue weighted by Crippen LogP contribution is -2.25. The molecule has 1 aromatic heterocycles. The van der Waals surface area contributed by atoms with E-state index in [9.17, 15) is 13.2 Å². The smallest absolute Gasteiger partial charge is 0.183 e. The lowest BCUT2D eigenvalue weighted by Gasteiger charge is -2.16. The Morgan fingerprint density at radius 1 is 1.26 bits per heavy atom. The summed E-state index contributed by atoms with van der Waals surface area (Å²) in [6.07, 6.45) is 0.647. The van der Waals surface area contributed by atoms with Crippen molar-refractivity contribution < 1.29 is 13.2 Å². The SMILES string of the molecule is Cc1nc2c(n1-c1cc(F)cc(F)c1F)CCNC2. The zero-order chi connectivity index (χ0) is 13.6. The standard InChI is InChI=1S/C13H12F3N3/c1-7-18-10-6-17-3-2-11(10)19(7)12-5-8(14)4-9(15)13(12)16/h4-5,17H,2-3,6H2,1H3. The van der Waals surface area contributed by atoms with Crippen LogP contribution in [0.15, 0.2) is 12.1 Å². The van der Waals surface area contributed by atoms with Gasteiger partial charge in [0.05, 0.1) is 11.4 Å². The van der Waals surface area contributed by atoms with Crippen LogP contribution in [0.3, 0.4) is 0 Å². The van der Waals surface area contributed by atoms with Crippen molar-refractivity contribution in [1.29, 1.82) is 0 Å². The molecule has 0 fully saturated rings. The van der Waals surface area contributed by atoms with Gasteiger partial charge in [0.1, 0.15) is 11.6 Å². The van der Waals surface area contributed by atoms with E-state index >= 15 is 0 Å². The molecule has 0 saturated carbocycles. The van der Waals surface area contributed by atoms with Gasteiger partial charge in [0.25, 0.3) is 0 Å². The minimum absolute atomic E-state index is 0.120. The van der Waals surface area contributed by atoms with E-state index in [1.807, 2.05) is 0 Å². The highest BCUT2D eigenvalue weighted by Crippen LogP contribution is 2.25. The minimum atomic E-state index is -1.19. The summed E-state index contributed by atoms with van der Waals surface area (Å²) in [4.78, 5) is 4.32. The highest BCUT2D eigenvalue weighted by atomic mass is 19.2. The molecule has 0 aliphatic carbocycles. The second-order valence-corrected chi connectivity index (χ2v) is 4.54. The molecule has 1 aromatic carbocycles. The third-order valence-electron chi connectivity index (χ3n) is 3.27. The number of aryl methyl sites for hydroxylation is 1. The monoisotopic (exact) mass is 267 g/mol. The largest absolute Gasteiger partial charge is 0.311 e. The highest BCUT2D eigenvalue weighted by Gasteiger charge is 2.22. The summed E-state index contributed by atoms with van der Waals surface area (Å²) in [5.41, 5.74) is 1.48. The predicted molar refractivity (Wildman–Crippen MR) is 63.6 cm³/mol. The molecule has 100 valence electrons. The van der Waals surface area contributed by atoms with E-state index < -0.39 is 17.5 Å². The topological polar surface area (TPSA) is 29.9 Å². The summed E-state index contributed by atoms with van der Waals surface area (Å²) >= 11 is 0. The molecular weight excluding hydrogens is 255 g/mol. The van der Waals surface area contributed by atoms with Crippen LogP contribution in [0.2, 0.25) is 0 Å². The lowest BCUT2D eigenvalue weighted by molar-refractivity contribution is 0.488. The van der Waals surface area contributed by atoms with Gasteiger partial charge in [-0.2, -0.15) is 0 Å². The van der Waals surface area contributed by atoms with E-state index in [1.165, 1.54) is 4.57 Å². The van der Waals surface area contributed by atoms with Crippen molar-refractivity contribution in [1.82, 2.24) is 14.9 Å². The van der Waals surface area contributed by atoms with Gasteiger partial charge in [-0.3, -0.25) is 4.57 Å². The van der Waals surface area contributed by atoms with Crippen molar-refractivity contribution in [3.63, 3.8) is 0 Å². The third kappa shape index (κ3) is 1.92. The summed E-state index contributed by atoms with van der Waals surface area (Å²) in [6.45, 7) is 3.01. The predicted octanol–water partition coefficient (Wildman–Crippen LogP) is 2.24. The second kappa shape index (κ2) is 4.38. The molecule has 1 aliphatic heterocycles. The first kappa shape index (κ1) is 12.2. The molecule has 2 heterocycles. The second-order valence-electron chi connectivity index (χ2n) is 4.54. The Bertz CT molecular complexity index is 649. The molecule has 3 rings (SSSR count). The van der Waals surface area contributed by atoms with Gasteiger partial charge in [0.2, 0.25) is 0 Å². The number of nitrogens with zero attached hydrogens (tertiary/aromatic N) is 2. The minimum Gasteiger partial charge on any atom is -0.311 e. The Balaban J connectivity index is 2.25. The normalized spacial score (nSPS) is 14.5. The van der Waals surface area contributed by atoms with Gasteiger partial charge in [-0.1, -0.05) is 0 Å². The number of hydrogen-bond donors (Lipinski definition) is 1. The Labute approximate surface area is 108 Å². The van der Waals surface area contributed by atoms with Crippen LogP contribution >= 0.6 is 0 Å². The van der Waals surface area contributed by atoms with Crippen molar-refractivity contribution in [2.45, 2.75) is 19.9 Å². The fourth-order valence-electron chi connectivity index (χ4n) is 2.47. The number of aromatic nitrogens is 2. The molecule has 0 bridgehead atoms. The van der Waals surface area contributed by atoms with E-state index in [2.05, 4.69) is 10.3 Å². The van der Waals surface area contributed by atoms with Gasteiger partial charge < -0.3 is 5.32 Å². The van der Waals surface area contributed by atoms with Gasteiger partial charge >= 0.3 is 0 Å². The van der Waals surface area contributed by atoms with Crippen molar-refractivity contribution in [2.24, 2.45) is 0 Å². The van der Waals surface area contributed by atoms with Crippen LogP contribution in [-0.2, 0) is 13.0 Å². The number of rotatable bonds is 1. The van der Waals surface area contributed by atoms with E-state index in [4.69, 9.17) is 0 Å². The summed E-state index contributed by atoms with van der Waals surface area (Å²) in [5, 5.41) is 3.15. The molecule has 0 saturated heterocycles. The molecule has 1 aliphatic rings. The molecule has 2 aromatic rings. The van der Waals surface area contributed by atoms with Crippen molar-refractivity contribution in [2.75, 3.05) is 6.54 Å². The molecular formula is C13H12F3N3. The quantitative estimate of drug-likeness (QED) is 0.803. The van der Waals surface area contributed by atoms with Crippen LogP contribution in [0.25, 0.3) is 5.69 Å². The van der Waals surface area contributed by atoms with Crippen LogP contribution in [0.1, 0.15) is 17.2 Å². The van der Waals surface area contributed by atoms with E-state index in [1.54, 1.807) is 6.92 Å². The van der Waals surface area contributed by atoms with Gasteiger partial charge in [-0.15, -0.1) is 0 Å². The molecule has 0 atom stereocenters. The van der Waals surface area contributed by atoms with Crippen LogP contribution in [0, 0.1) is 24.4 Å². The Morgan fingerprint density at radius 2 is 2.05 bits per heavy atom. The van der Waals surface area contributed by atoms with Gasteiger partial charge in [-0.05, 0) is 6.92 Å². The summed E-state index contributed by atoms with van der Waals surface area (Å²) in [5.74, 6) is -2.52. The molecule has 0 spiro atoms. The molecule has 0 amide bonds. The molecule has 0 unspecified atom stereocenters. The van der Waals surface area contributed by atoms with E-state index in [0.717, 1.165) is 24.0 Å². The Kier molecular flexibility index (Phi) is 2.82. The van der Waals surface area contributed by atoms with Crippen molar-refractivity contribution >= 4 is 0 Å². The van der Waals surface area contributed by atoms with Gasteiger partial charge in [0.15, 0.2) is 11.6 Å². The molecule has 3 nitrogen and oxygen atoms in total. The maximum absolute atomic E-state index is 13.9. The number of hydrogen-bond acceptors (Lipinski definition) is 2. The van der Waals surface area contributed by atoms with Gasteiger partial charge in [-0.25, -0.2) is 18.2 Å². The first-order chi connectivity index (χ1) is 9.08. The Morgan fingerprint density at radius 3 is 2.84 bits per heavy atom. The van der Waals surface area contributed by atoms with Crippen LogP contribution in [-0.4, -0.2) is 16.1 Å². The first-order valence-corrected chi connectivity index (χ1v) is 6.00. The van der Waals surface area contributed by atoms with Crippen LogP contribution < -0.4 is 5.32 Å². The van der Waals surface area contributed by atoms with E-state index in [-0.39, 0.29) is 5.69 Å². The molecule has 6 heteroatoms. The zero-order valence-electron chi connectivity index (χ0n) is 10.3. The van der Waals surface area contributed by atoms with Gasteiger partial charge in [0, 0.05) is 37.3 Å². The molecule has 0 radical (unpaired) electrons. The maximum Gasteiger partial charge on any atom is 0.183 e. The van der Waals surface area contributed by atoms with Crippen LogP contribution in [0.5, 0.6) is 0 Å².